The van der Waals surface area contributed by atoms with E-state index in [1.165, 1.54) is 0 Å². The third-order valence-corrected chi connectivity index (χ3v) is 1.47. The molecule has 8 heavy (non-hydrogen) atoms. The third-order valence-electron chi connectivity index (χ3n) is 0.579. The van der Waals surface area contributed by atoms with Crippen LogP contribution in [0.15, 0.2) is 9.32 Å². The summed E-state index contributed by atoms with van der Waals surface area (Å²) < 4.78 is 5.20. The lowest BCUT2D eigenvalue weighted by Crippen LogP contribution is -2.05. The molecule has 44 valence electrons. The Hall–Kier alpha value is -0.530. The van der Waals surface area contributed by atoms with Gasteiger partial charge in [0.1, 0.15) is 0 Å². The van der Waals surface area contributed by atoms with Crippen molar-refractivity contribution in [1.82, 2.24) is 7.94 Å². The molecule has 1 heterocycles. The number of nitrogens with two attached hydrogens (primary N) is 1. The van der Waals surface area contributed by atoms with E-state index in [2.05, 4.69) is 9.68 Å². The van der Waals surface area contributed by atoms with Gasteiger partial charge in [0.2, 0.25) is 0 Å². The van der Waals surface area contributed by atoms with Crippen LogP contribution >= 0.6 is 22.9 Å². The Morgan fingerprint density at radius 3 is 2.62 bits per heavy atom. The number of aromatic nitrogens is 2. The average Bonchev–Trinajstić information content (AvgIpc) is 1.98. The Morgan fingerprint density at radius 2 is 2.50 bits per heavy atom. The SMILES string of the molecule is Nc1noc(=O)n1I. The van der Waals surface area contributed by atoms with Crippen LogP contribution in [0.2, 0.25) is 0 Å². The first-order valence-corrected chi connectivity index (χ1v) is 2.68. The number of nitrogen functional groups attached to an aromatic ring is 1. The Labute approximate surface area is 57.9 Å². The lowest BCUT2D eigenvalue weighted by atomic mass is 11.1. The summed E-state index contributed by atoms with van der Waals surface area (Å²) >= 11 is 1.69. The van der Waals surface area contributed by atoms with Crippen LogP contribution in [0.1, 0.15) is 0 Å². The summed E-state index contributed by atoms with van der Waals surface area (Å²) in [4.78, 5) is 10.3. The van der Waals surface area contributed by atoms with Gasteiger partial charge in [0, 0.05) is 0 Å². The summed E-state index contributed by atoms with van der Waals surface area (Å²) in [6, 6.07) is 0. The molecule has 0 aromatic carbocycles. The molecular formula is C2H2IN3O2. The molecule has 0 spiro atoms. The van der Waals surface area contributed by atoms with Crippen LogP contribution < -0.4 is 11.5 Å². The van der Waals surface area contributed by atoms with Crippen molar-refractivity contribution in [3.8, 4) is 0 Å². The second kappa shape index (κ2) is 1.77. The van der Waals surface area contributed by atoms with E-state index in [1.54, 1.807) is 22.9 Å². The molecule has 0 fully saturated rings. The van der Waals surface area contributed by atoms with Gasteiger partial charge in [-0.15, -0.1) is 0 Å². The lowest BCUT2D eigenvalue weighted by Gasteiger charge is -1.78. The zero-order valence-electron chi connectivity index (χ0n) is 3.67. The molecule has 0 unspecified atom stereocenters. The monoisotopic (exact) mass is 227 g/mol. The molecule has 1 aromatic rings. The van der Waals surface area contributed by atoms with Crippen LogP contribution in [0.4, 0.5) is 5.95 Å². The van der Waals surface area contributed by atoms with Gasteiger partial charge in [0.15, 0.2) is 0 Å². The van der Waals surface area contributed by atoms with Gasteiger partial charge in [-0.2, -0.15) is 2.78 Å². The first-order valence-electron chi connectivity index (χ1n) is 1.72. The Morgan fingerprint density at radius 1 is 1.88 bits per heavy atom. The molecule has 0 bridgehead atoms. The number of hydrogen-bond donors (Lipinski definition) is 1. The maximum absolute atomic E-state index is 10.3. The van der Waals surface area contributed by atoms with Crippen LogP contribution in [0, 0.1) is 0 Å². The summed E-state index contributed by atoms with van der Waals surface area (Å²) in [6.45, 7) is 0. The van der Waals surface area contributed by atoms with Gasteiger partial charge in [-0.05, 0) is 5.16 Å². The van der Waals surface area contributed by atoms with Crippen molar-refractivity contribution in [3.05, 3.63) is 10.6 Å². The molecule has 1 aromatic heterocycles. The van der Waals surface area contributed by atoms with Crippen LogP contribution in [-0.2, 0) is 0 Å². The van der Waals surface area contributed by atoms with E-state index in [-0.39, 0.29) is 5.95 Å². The van der Waals surface area contributed by atoms with Crippen molar-refractivity contribution in [2.75, 3.05) is 5.73 Å². The maximum atomic E-state index is 10.3. The normalized spacial score (nSPS) is 9.62. The standard InChI is InChI=1S/C2H2IN3O2/c3-6-1(4)5-8-2(6)7/h(H2,4,5). The zero-order chi connectivity index (χ0) is 6.15. The largest absolute Gasteiger partial charge is 0.452 e. The van der Waals surface area contributed by atoms with Gasteiger partial charge in [0.25, 0.3) is 5.95 Å². The van der Waals surface area contributed by atoms with Crippen molar-refractivity contribution in [3.63, 3.8) is 0 Å². The molecule has 2 N–H and O–H groups in total. The summed E-state index contributed by atoms with van der Waals surface area (Å²) in [5.41, 5.74) is 5.09. The van der Waals surface area contributed by atoms with Crippen LogP contribution in [0.3, 0.4) is 0 Å². The molecule has 0 aliphatic rings. The third kappa shape index (κ3) is 0.703. The van der Waals surface area contributed by atoms with Gasteiger partial charge in [-0.1, -0.05) is 0 Å². The van der Waals surface area contributed by atoms with Gasteiger partial charge >= 0.3 is 5.76 Å². The number of halogens is 1. The molecule has 0 aliphatic carbocycles. The summed E-state index contributed by atoms with van der Waals surface area (Å²) in [5.74, 6) is -0.473. The zero-order valence-corrected chi connectivity index (χ0v) is 5.82. The maximum Gasteiger partial charge on any atom is 0.452 e. The van der Waals surface area contributed by atoms with Gasteiger partial charge < -0.3 is 5.73 Å². The Bertz CT molecular complexity index is 238. The first-order chi connectivity index (χ1) is 3.72. The lowest BCUT2D eigenvalue weighted by molar-refractivity contribution is 0.387. The number of hydrogen-bond acceptors (Lipinski definition) is 4. The highest BCUT2D eigenvalue weighted by Crippen LogP contribution is 1.95. The van der Waals surface area contributed by atoms with Crippen LogP contribution in [0.25, 0.3) is 0 Å². The van der Waals surface area contributed by atoms with Crippen molar-refractivity contribution in [1.29, 1.82) is 0 Å². The quantitative estimate of drug-likeness (QED) is 0.613. The summed E-state index contributed by atoms with van der Waals surface area (Å²) in [7, 11) is 0. The van der Waals surface area contributed by atoms with E-state index in [4.69, 9.17) is 5.73 Å². The molecule has 0 aliphatic heterocycles. The molecule has 0 saturated carbocycles. The Kier molecular flexibility index (Phi) is 1.24. The highest BCUT2D eigenvalue weighted by molar-refractivity contribution is 14.1. The van der Waals surface area contributed by atoms with Crippen molar-refractivity contribution in [2.24, 2.45) is 0 Å². The fourth-order valence-corrected chi connectivity index (χ4v) is 0.427. The van der Waals surface area contributed by atoms with Crippen LogP contribution in [0.5, 0.6) is 0 Å². The number of anilines is 1. The minimum Gasteiger partial charge on any atom is -0.366 e. The average molecular weight is 227 g/mol. The fourth-order valence-electron chi connectivity index (χ4n) is 0.251. The van der Waals surface area contributed by atoms with Crippen LogP contribution in [-0.4, -0.2) is 7.94 Å². The highest BCUT2D eigenvalue weighted by Gasteiger charge is 1.99. The van der Waals surface area contributed by atoms with E-state index in [0.717, 1.165) is 2.78 Å². The van der Waals surface area contributed by atoms with Crippen molar-refractivity contribution >= 4 is 28.8 Å². The van der Waals surface area contributed by atoms with E-state index in [1.807, 2.05) is 0 Å². The predicted molar refractivity (Wildman–Crippen MR) is 34.6 cm³/mol. The molecule has 6 heteroatoms. The van der Waals surface area contributed by atoms with Gasteiger partial charge in [0.05, 0.1) is 22.9 Å². The molecular weight excluding hydrogens is 225 g/mol. The summed E-state index contributed by atoms with van der Waals surface area (Å²) in [6.07, 6.45) is 0. The molecule has 5 nitrogen and oxygen atoms in total. The van der Waals surface area contributed by atoms with Crippen molar-refractivity contribution in [2.45, 2.75) is 0 Å². The molecule has 0 radical (unpaired) electrons. The molecule has 0 amide bonds. The number of rotatable bonds is 0. The first kappa shape index (κ1) is 5.60. The smallest absolute Gasteiger partial charge is 0.366 e. The summed E-state index contributed by atoms with van der Waals surface area (Å²) in [5, 5.41) is 3.16. The minimum absolute atomic E-state index is 0.0793. The van der Waals surface area contributed by atoms with E-state index >= 15 is 0 Å². The Balaban J connectivity index is 3.41. The van der Waals surface area contributed by atoms with Crippen molar-refractivity contribution < 1.29 is 4.52 Å². The second-order valence-electron chi connectivity index (χ2n) is 1.09. The minimum atomic E-state index is -0.553. The second-order valence-corrected chi connectivity index (χ2v) is 2.05. The topological polar surface area (TPSA) is 74.1 Å². The highest BCUT2D eigenvalue weighted by atomic mass is 127. The molecule has 0 saturated heterocycles. The van der Waals surface area contributed by atoms with E-state index in [9.17, 15) is 4.79 Å². The molecule has 1 rings (SSSR count). The van der Waals surface area contributed by atoms with Gasteiger partial charge in [-0.25, -0.2) is 4.79 Å². The van der Waals surface area contributed by atoms with E-state index < -0.39 is 5.76 Å². The number of nitrogens with zero attached hydrogens (tertiary/aromatic N) is 2. The molecule has 0 atom stereocenters. The van der Waals surface area contributed by atoms with E-state index in [0.29, 0.717) is 0 Å². The fraction of sp³-hybridized carbons (Fsp3) is 0. The van der Waals surface area contributed by atoms with Gasteiger partial charge in [-0.3, -0.25) is 4.52 Å². The predicted octanol–water partition coefficient (Wildman–Crippen LogP) is -0.383.